The summed E-state index contributed by atoms with van der Waals surface area (Å²) in [6, 6.07) is 9.45. The molecule has 1 aromatic heterocycles. The van der Waals surface area contributed by atoms with Crippen LogP contribution in [0.1, 0.15) is 5.56 Å². The number of hydrogen-bond donors (Lipinski definition) is 1. The highest BCUT2D eigenvalue weighted by molar-refractivity contribution is 5.74. The Morgan fingerprint density at radius 3 is 2.80 bits per heavy atom. The van der Waals surface area contributed by atoms with E-state index >= 15 is 0 Å². The number of benzene rings is 1. The molecule has 0 atom stereocenters. The quantitative estimate of drug-likeness (QED) is 0.768. The Kier molecular flexibility index (Phi) is 2.78. The third kappa shape index (κ3) is 2.67. The third-order valence-corrected chi connectivity index (χ3v) is 1.89. The van der Waals surface area contributed by atoms with Crippen molar-refractivity contribution in [2.24, 2.45) is 0 Å². The Labute approximate surface area is 86.9 Å². The molecule has 1 N–H and O–H groups in total. The van der Waals surface area contributed by atoms with Crippen LogP contribution in [-0.2, 0) is 11.2 Å². The lowest BCUT2D eigenvalue weighted by atomic mass is 10.2. The normalized spacial score (nSPS) is 9.87. The van der Waals surface area contributed by atoms with Gasteiger partial charge in [0.15, 0.2) is 0 Å². The van der Waals surface area contributed by atoms with Gasteiger partial charge in [-0.15, -0.1) is 0 Å². The molecule has 0 spiro atoms. The molecule has 0 amide bonds. The fourth-order valence-electron chi connectivity index (χ4n) is 1.22. The van der Waals surface area contributed by atoms with Gasteiger partial charge in [-0.25, -0.2) is 4.98 Å². The number of ether oxygens (including phenoxy) is 1. The minimum atomic E-state index is -0.301. The molecule has 0 aliphatic heterocycles. The maximum absolute atomic E-state index is 11.4. The van der Waals surface area contributed by atoms with E-state index in [1.807, 2.05) is 30.3 Å². The zero-order valence-electron chi connectivity index (χ0n) is 8.01. The second-order valence-electron chi connectivity index (χ2n) is 3.05. The van der Waals surface area contributed by atoms with Crippen molar-refractivity contribution in [3.8, 4) is 5.88 Å². The van der Waals surface area contributed by atoms with Crippen molar-refractivity contribution >= 4 is 5.97 Å². The maximum Gasteiger partial charge on any atom is 0.316 e. The van der Waals surface area contributed by atoms with Crippen LogP contribution in [0.3, 0.4) is 0 Å². The summed E-state index contributed by atoms with van der Waals surface area (Å²) in [6.45, 7) is 0. The summed E-state index contributed by atoms with van der Waals surface area (Å²) in [5.41, 5.74) is 0.932. The molecule has 1 aromatic carbocycles. The van der Waals surface area contributed by atoms with Crippen LogP contribution in [0.4, 0.5) is 0 Å². The van der Waals surface area contributed by atoms with Crippen molar-refractivity contribution in [3.63, 3.8) is 0 Å². The Morgan fingerprint density at radius 1 is 1.33 bits per heavy atom. The lowest BCUT2D eigenvalue weighted by molar-refractivity contribution is -0.133. The van der Waals surface area contributed by atoms with Gasteiger partial charge in [0, 0.05) is 0 Å². The first-order valence-corrected chi connectivity index (χ1v) is 4.57. The van der Waals surface area contributed by atoms with Crippen LogP contribution in [0.15, 0.2) is 42.9 Å². The van der Waals surface area contributed by atoms with E-state index in [1.54, 1.807) is 0 Å². The van der Waals surface area contributed by atoms with E-state index < -0.39 is 0 Å². The highest BCUT2D eigenvalue weighted by Gasteiger charge is 2.06. The number of carbonyl (C=O) groups is 1. The number of nitrogens with one attached hydrogen (secondary N) is 1. The van der Waals surface area contributed by atoms with Gasteiger partial charge in [0.2, 0.25) is 5.88 Å². The third-order valence-electron chi connectivity index (χ3n) is 1.89. The molecule has 0 aliphatic rings. The first-order chi connectivity index (χ1) is 7.34. The monoisotopic (exact) mass is 202 g/mol. The van der Waals surface area contributed by atoms with Gasteiger partial charge in [-0.3, -0.25) is 4.79 Å². The van der Waals surface area contributed by atoms with Crippen LogP contribution in [0.25, 0.3) is 0 Å². The SMILES string of the molecule is O=C(Cc1ccccc1)Oc1cnc[nH]1. The standard InChI is InChI=1S/C11H10N2O2/c14-11(15-10-7-12-8-13-10)6-9-4-2-1-3-5-9/h1-5,7-8H,6H2,(H,12,13). The molecular formula is C11H10N2O2. The van der Waals surface area contributed by atoms with E-state index in [2.05, 4.69) is 9.97 Å². The van der Waals surface area contributed by atoms with Gasteiger partial charge < -0.3 is 9.72 Å². The van der Waals surface area contributed by atoms with Crippen molar-refractivity contribution in [3.05, 3.63) is 48.4 Å². The first kappa shape index (κ1) is 9.45. The molecule has 4 heteroatoms. The number of nitrogens with zero attached hydrogens (tertiary/aromatic N) is 1. The summed E-state index contributed by atoms with van der Waals surface area (Å²) in [5, 5.41) is 0. The summed E-state index contributed by atoms with van der Waals surface area (Å²) in [5.74, 6) is 0.0707. The van der Waals surface area contributed by atoms with Crippen LogP contribution < -0.4 is 4.74 Å². The average molecular weight is 202 g/mol. The van der Waals surface area contributed by atoms with Gasteiger partial charge in [0.25, 0.3) is 0 Å². The fourth-order valence-corrected chi connectivity index (χ4v) is 1.22. The molecule has 0 fully saturated rings. The number of imidazole rings is 1. The van der Waals surface area contributed by atoms with E-state index in [4.69, 9.17) is 4.74 Å². The van der Waals surface area contributed by atoms with E-state index in [-0.39, 0.29) is 12.4 Å². The predicted octanol–water partition coefficient (Wildman–Crippen LogP) is 1.56. The molecule has 0 unspecified atom stereocenters. The number of aromatic amines is 1. The Balaban J connectivity index is 1.94. The molecule has 1 heterocycles. The second kappa shape index (κ2) is 4.41. The Hall–Kier alpha value is -2.10. The molecule has 0 radical (unpaired) electrons. The lowest BCUT2D eigenvalue weighted by Gasteiger charge is -2.00. The first-order valence-electron chi connectivity index (χ1n) is 4.57. The van der Waals surface area contributed by atoms with E-state index in [9.17, 15) is 4.79 Å². The average Bonchev–Trinajstić information content (AvgIpc) is 2.71. The van der Waals surface area contributed by atoms with E-state index in [0.717, 1.165) is 5.56 Å². The number of aromatic nitrogens is 2. The van der Waals surface area contributed by atoms with Crippen LogP contribution in [-0.4, -0.2) is 15.9 Å². The molecule has 2 aromatic rings. The number of H-pyrrole nitrogens is 1. The Morgan fingerprint density at radius 2 is 2.13 bits per heavy atom. The molecule has 0 bridgehead atoms. The summed E-state index contributed by atoms with van der Waals surface area (Å²) in [6.07, 6.45) is 3.19. The molecule has 2 rings (SSSR count). The van der Waals surface area contributed by atoms with Gasteiger partial charge in [-0.2, -0.15) is 0 Å². The zero-order valence-corrected chi connectivity index (χ0v) is 8.01. The molecule has 15 heavy (non-hydrogen) atoms. The number of rotatable bonds is 3. The highest BCUT2D eigenvalue weighted by atomic mass is 16.5. The summed E-state index contributed by atoms with van der Waals surface area (Å²) >= 11 is 0. The minimum Gasteiger partial charge on any atom is -0.408 e. The Bertz CT molecular complexity index is 423. The minimum absolute atomic E-state index is 0.264. The smallest absolute Gasteiger partial charge is 0.316 e. The predicted molar refractivity (Wildman–Crippen MR) is 54.4 cm³/mol. The maximum atomic E-state index is 11.4. The topological polar surface area (TPSA) is 55.0 Å². The van der Waals surface area contributed by atoms with E-state index in [0.29, 0.717) is 5.88 Å². The number of carbonyl (C=O) groups excluding carboxylic acids is 1. The summed E-state index contributed by atoms with van der Waals surface area (Å²) in [4.78, 5) is 17.9. The molecule has 0 aliphatic carbocycles. The zero-order chi connectivity index (χ0) is 10.5. The van der Waals surface area contributed by atoms with E-state index in [1.165, 1.54) is 12.5 Å². The molecule has 0 saturated heterocycles. The van der Waals surface area contributed by atoms with Crippen LogP contribution >= 0.6 is 0 Å². The van der Waals surface area contributed by atoms with Gasteiger partial charge >= 0.3 is 5.97 Å². The number of hydrogen-bond acceptors (Lipinski definition) is 3. The van der Waals surface area contributed by atoms with Gasteiger partial charge in [0.05, 0.1) is 18.9 Å². The molecular weight excluding hydrogens is 192 g/mol. The lowest BCUT2D eigenvalue weighted by Crippen LogP contribution is -2.11. The summed E-state index contributed by atoms with van der Waals surface area (Å²) in [7, 11) is 0. The second-order valence-corrected chi connectivity index (χ2v) is 3.05. The van der Waals surface area contributed by atoms with Gasteiger partial charge in [-0.1, -0.05) is 30.3 Å². The van der Waals surface area contributed by atoms with Crippen molar-refractivity contribution < 1.29 is 9.53 Å². The largest absolute Gasteiger partial charge is 0.408 e. The van der Waals surface area contributed by atoms with Gasteiger partial charge in [-0.05, 0) is 5.56 Å². The number of esters is 1. The van der Waals surface area contributed by atoms with Gasteiger partial charge in [0.1, 0.15) is 0 Å². The fraction of sp³-hybridized carbons (Fsp3) is 0.0909. The molecule has 76 valence electrons. The van der Waals surface area contributed by atoms with Crippen LogP contribution in [0.5, 0.6) is 5.88 Å². The van der Waals surface area contributed by atoms with Crippen molar-refractivity contribution in [2.45, 2.75) is 6.42 Å². The summed E-state index contributed by atoms with van der Waals surface area (Å²) < 4.78 is 5.00. The van der Waals surface area contributed by atoms with Crippen molar-refractivity contribution in [1.82, 2.24) is 9.97 Å². The van der Waals surface area contributed by atoms with Crippen molar-refractivity contribution in [2.75, 3.05) is 0 Å². The van der Waals surface area contributed by atoms with Crippen LogP contribution in [0.2, 0.25) is 0 Å². The highest BCUT2D eigenvalue weighted by Crippen LogP contribution is 2.05. The molecule has 0 saturated carbocycles. The van der Waals surface area contributed by atoms with Crippen molar-refractivity contribution in [1.29, 1.82) is 0 Å². The molecule has 4 nitrogen and oxygen atoms in total. The van der Waals surface area contributed by atoms with Crippen LogP contribution in [0, 0.1) is 0 Å².